The Bertz CT molecular complexity index is 307. The van der Waals surface area contributed by atoms with E-state index in [1.165, 1.54) is 18.4 Å². The molecule has 2 aliphatic rings. The fourth-order valence-electron chi connectivity index (χ4n) is 2.68. The predicted octanol–water partition coefficient (Wildman–Crippen LogP) is 1.05. The van der Waals surface area contributed by atoms with Gasteiger partial charge in [-0.25, -0.2) is 0 Å². The minimum atomic E-state index is 0.358. The van der Waals surface area contributed by atoms with Crippen LogP contribution in [0.15, 0.2) is 10.7 Å². The molecule has 1 aromatic heterocycles. The van der Waals surface area contributed by atoms with Gasteiger partial charge >= 0.3 is 0 Å². The average molecular weight is 164 g/mol. The van der Waals surface area contributed by atoms with E-state index in [4.69, 9.17) is 10.3 Å². The van der Waals surface area contributed by atoms with Crippen molar-refractivity contribution < 1.29 is 4.52 Å². The van der Waals surface area contributed by atoms with Gasteiger partial charge < -0.3 is 10.3 Å². The highest BCUT2D eigenvalue weighted by molar-refractivity contribution is 5.28. The van der Waals surface area contributed by atoms with Gasteiger partial charge in [-0.05, 0) is 18.8 Å². The van der Waals surface area contributed by atoms with Crippen molar-refractivity contribution in [1.82, 2.24) is 5.16 Å². The third kappa shape index (κ3) is 0.672. The predicted molar refractivity (Wildman–Crippen MR) is 43.6 cm³/mol. The van der Waals surface area contributed by atoms with Crippen LogP contribution in [0.4, 0.5) is 0 Å². The van der Waals surface area contributed by atoms with E-state index >= 15 is 0 Å². The van der Waals surface area contributed by atoms with Crippen molar-refractivity contribution in [2.75, 3.05) is 0 Å². The van der Waals surface area contributed by atoms with Crippen molar-refractivity contribution >= 4 is 0 Å². The molecule has 2 aliphatic carbocycles. The van der Waals surface area contributed by atoms with Crippen molar-refractivity contribution in [3.8, 4) is 0 Å². The van der Waals surface area contributed by atoms with Gasteiger partial charge in [0.1, 0.15) is 5.76 Å². The van der Waals surface area contributed by atoms with Crippen LogP contribution in [0.25, 0.3) is 0 Å². The van der Waals surface area contributed by atoms with Gasteiger partial charge in [-0.3, -0.25) is 0 Å². The molecule has 1 aromatic rings. The van der Waals surface area contributed by atoms with Crippen LogP contribution in [0.1, 0.15) is 30.1 Å². The molecule has 3 atom stereocenters. The minimum absolute atomic E-state index is 0.358. The number of hydrogen-bond donors (Lipinski definition) is 1. The molecular formula is C9H12N2O. The number of nitrogens with two attached hydrogens (primary N) is 1. The molecule has 12 heavy (non-hydrogen) atoms. The Morgan fingerprint density at radius 3 is 3.33 bits per heavy atom. The van der Waals surface area contributed by atoms with Crippen LogP contribution in [0.5, 0.6) is 0 Å². The van der Waals surface area contributed by atoms with Crippen LogP contribution < -0.4 is 5.73 Å². The molecule has 0 amide bonds. The standard InChI is InChI=1S/C9H12N2O/c10-9-5-1-2-6(9)7-4-11-12-8(7)3-5/h4-6,9H,1-3,10H2/t5-,6-,9-/m0/s1. The Balaban J connectivity index is 2.12. The molecule has 3 rings (SSSR count). The maximum absolute atomic E-state index is 6.09. The Kier molecular flexibility index (Phi) is 1.17. The van der Waals surface area contributed by atoms with Crippen molar-refractivity contribution in [2.45, 2.75) is 31.2 Å². The first-order valence-electron chi connectivity index (χ1n) is 4.55. The molecule has 3 heteroatoms. The highest BCUT2D eigenvalue weighted by Crippen LogP contribution is 2.44. The summed E-state index contributed by atoms with van der Waals surface area (Å²) >= 11 is 0. The summed E-state index contributed by atoms with van der Waals surface area (Å²) in [7, 11) is 0. The fraction of sp³-hybridized carbons (Fsp3) is 0.667. The Morgan fingerprint density at radius 2 is 2.42 bits per heavy atom. The highest BCUT2D eigenvalue weighted by atomic mass is 16.5. The van der Waals surface area contributed by atoms with Crippen LogP contribution >= 0.6 is 0 Å². The zero-order valence-corrected chi connectivity index (χ0v) is 6.86. The lowest BCUT2D eigenvalue weighted by molar-refractivity contribution is 0.331. The lowest BCUT2D eigenvalue weighted by Crippen LogP contribution is -2.34. The summed E-state index contributed by atoms with van der Waals surface area (Å²) in [6, 6.07) is 0.358. The second-order valence-electron chi connectivity index (χ2n) is 3.93. The molecule has 0 aromatic carbocycles. The second-order valence-corrected chi connectivity index (χ2v) is 3.93. The summed E-state index contributed by atoms with van der Waals surface area (Å²) in [4.78, 5) is 0. The summed E-state index contributed by atoms with van der Waals surface area (Å²) < 4.78 is 5.18. The van der Waals surface area contributed by atoms with Gasteiger partial charge in [0.05, 0.1) is 6.20 Å². The van der Waals surface area contributed by atoms with E-state index in [1.54, 1.807) is 0 Å². The van der Waals surface area contributed by atoms with E-state index in [0.29, 0.717) is 17.9 Å². The average Bonchev–Trinajstić information content (AvgIpc) is 2.59. The number of fused-ring (bicyclic) bond motifs is 4. The minimum Gasteiger partial charge on any atom is -0.361 e. The van der Waals surface area contributed by atoms with Crippen molar-refractivity contribution in [1.29, 1.82) is 0 Å². The second kappa shape index (κ2) is 2.10. The monoisotopic (exact) mass is 164 g/mol. The topological polar surface area (TPSA) is 52.0 Å². The van der Waals surface area contributed by atoms with Crippen molar-refractivity contribution in [3.05, 3.63) is 17.5 Å². The van der Waals surface area contributed by atoms with Crippen LogP contribution in [0.2, 0.25) is 0 Å². The van der Waals surface area contributed by atoms with Crippen molar-refractivity contribution in [3.63, 3.8) is 0 Å². The van der Waals surface area contributed by atoms with Gasteiger partial charge in [0.15, 0.2) is 0 Å². The highest BCUT2D eigenvalue weighted by Gasteiger charge is 2.41. The number of nitrogens with zero attached hydrogens (tertiary/aromatic N) is 1. The van der Waals surface area contributed by atoms with Crippen LogP contribution in [0.3, 0.4) is 0 Å². The summed E-state index contributed by atoms with van der Waals surface area (Å²) in [5.74, 6) is 2.27. The maximum Gasteiger partial charge on any atom is 0.140 e. The molecule has 0 aliphatic heterocycles. The van der Waals surface area contributed by atoms with Gasteiger partial charge in [-0.15, -0.1) is 0 Å². The van der Waals surface area contributed by atoms with Gasteiger partial charge in [0.2, 0.25) is 0 Å². The molecule has 0 saturated heterocycles. The molecular weight excluding hydrogens is 152 g/mol. The summed E-state index contributed by atoms with van der Waals surface area (Å²) in [5.41, 5.74) is 7.36. The molecule has 2 bridgehead atoms. The molecule has 3 nitrogen and oxygen atoms in total. The van der Waals surface area contributed by atoms with E-state index < -0.39 is 0 Å². The van der Waals surface area contributed by atoms with E-state index in [1.807, 2.05) is 6.20 Å². The van der Waals surface area contributed by atoms with Gasteiger partial charge in [0.25, 0.3) is 0 Å². The quantitative estimate of drug-likeness (QED) is 0.623. The first kappa shape index (κ1) is 6.66. The van der Waals surface area contributed by atoms with E-state index in [0.717, 1.165) is 12.2 Å². The molecule has 0 unspecified atom stereocenters. The normalized spacial score (nSPS) is 38.2. The number of rotatable bonds is 0. The zero-order valence-electron chi connectivity index (χ0n) is 6.86. The molecule has 0 radical (unpaired) electrons. The number of aromatic nitrogens is 1. The van der Waals surface area contributed by atoms with Crippen molar-refractivity contribution in [2.24, 2.45) is 11.7 Å². The van der Waals surface area contributed by atoms with Gasteiger partial charge in [0, 0.05) is 23.9 Å². The Hall–Kier alpha value is -0.830. The lowest BCUT2D eigenvalue weighted by Gasteiger charge is -2.24. The summed E-state index contributed by atoms with van der Waals surface area (Å²) in [6.45, 7) is 0. The first-order chi connectivity index (χ1) is 5.86. The molecule has 1 saturated carbocycles. The third-order valence-corrected chi connectivity index (χ3v) is 3.38. The van der Waals surface area contributed by atoms with Gasteiger partial charge in [-0.1, -0.05) is 5.16 Å². The molecule has 64 valence electrons. The SMILES string of the molecule is N[C@H]1[C@H]2CC[C@H]1c1cnoc1C2. The lowest BCUT2D eigenvalue weighted by atomic mass is 9.84. The maximum atomic E-state index is 6.09. The van der Waals surface area contributed by atoms with Crippen LogP contribution in [0, 0.1) is 5.92 Å². The number of hydrogen-bond acceptors (Lipinski definition) is 3. The van der Waals surface area contributed by atoms with Crippen LogP contribution in [-0.4, -0.2) is 11.2 Å². The smallest absolute Gasteiger partial charge is 0.140 e. The summed E-state index contributed by atoms with van der Waals surface area (Å²) in [6.07, 6.45) is 5.34. The van der Waals surface area contributed by atoms with E-state index in [2.05, 4.69) is 5.16 Å². The third-order valence-electron chi connectivity index (χ3n) is 3.38. The fourth-order valence-corrected chi connectivity index (χ4v) is 2.68. The van der Waals surface area contributed by atoms with Crippen LogP contribution in [-0.2, 0) is 6.42 Å². The molecule has 0 spiro atoms. The molecule has 1 heterocycles. The van der Waals surface area contributed by atoms with E-state index in [-0.39, 0.29) is 0 Å². The van der Waals surface area contributed by atoms with Gasteiger partial charge in [-0.2, -0.15) is 0 Å². The summed E-state index contributed by atoms with van der Waals surface area (Å²) in [5, 5.41) is 3.83. The molecule has 2 N–H and O–H groups in total. The Labute approximate surface area is 70.9 Å². The first-order valence-corrected chi connectivity index (χ1v) is 4.55. The zero-order chi connectivity index (χ0) is 8.13. The van der Waals surface area contributed by atoms with E-state index in [9.17, 15) is 0 Å². The molecule has 1 fully saturated rings. The Morgan fingerprint density at radius 1 is 1.50 bits per heavy atom. The largest absolute Gasteiger partial charge is 0.361 e.